The first kappa shape index (κ1) is 29.7. The van der Waals surface area contributed by atoms with Crippen LogP contribution in [-0.2, 0) is 0 Å². The molecule has 6 rings (SSSR count). The Hall–Kier alpha value is -2.38. The number of nitrogens with zero attached hydrogens (tertiary/aromatic N) is 2. The van der Waals surface area contributed by atoms with E-state index < -0.39 is 0 Å². The summed E-state index contributed by atoms with van der Waals surface area (Å²) in [5, 5.41) is 3.64. The SMILES string of the molecule is Clc1ccc(-c2nc(-c3nc(-c4ccc(Cl)cc4Cl)c(-c4ccc(Cl)cc4Cl)[nH]3)[nH]c2-c2ccc(Cl)cc2Cl)c(Cl)c1. The summed E-state index contributed by atoms with van der Waals surface area (Å²) in [6.07, 6.45) is 0. The van der Waals surface area contributed by atoms with E-state index in [9.17, 15) is 0 Å². The predicted octanol–water partition coefficient (Wildman–Crippen LogP) is 12.7. The van der Waals surface area contributed by atoms with Crippen LogP contribution in [0.25, 0.3) is 56.7 Å². The Morgan fingerprint density at radius 3 is 0.952 bits per heavy atom. The summed E-state index contributed by atoms with van der Waals surface area (Å²) in [7, 11) is 0. The third-order valence-corrected chi connectivity index (χ3v) is 8.60. The van der Waals surface area contributed by atoms with Gasteiger partial charge in [0, 0.05) is 42.3 Å². The number of halogens is 8. The fourth-order valence-corrected chi connectivity index (χ4v) is 6.50. The molecule has 0 saturated carbocycles. The van der Waals surface area contributed by atoms with Gasteiger partial charge in [-0.3, -0.25) is 0 Å². The molecule has 0 bridgehead atoms. The Bertz CT molecular complexity index is 1720. The van der Waals surface area contributed by atoms with Crippen molar-refractivity contribution in [3.8, 4) is 56.7 Å². The summed E-state index contributed by atoms with van der Waals surface area (Å²) in [6, 6.07) is 20.7. The van der Waals surface area contributed by atoms with E-state index in [1.807, 2.05) is 0 Å². The van der Waals surface area contributed by atoms with Gasteiger partial charge in [-0.25, -0.2) is 9.97 Å². The zero-order valence-electron chi connectivity index (χ0n) is 20.8. The fourth-order valence-electron chi connectivity index (χ4n) is 4.50. The van der Waals surface area contributed by atoms with Crippen molar-refractivity contribution in [2.75, 3.05) is 0 Å². The van der Waals surface area contributed by atoms with Crippen LogP contribution in [0.4, 0.5) is 0 Å². The molecule has 4 nitrogen and oxygen atoms in total. The molecular weight excluding hydrogens is 700 g/mol. The van der Waals surface area contributed by atoms with E-state index in [4.69, 9.17) is 103 Å². The van der Waals surface area contributed by atoms with E-state index in [-0.39, 0.29) is 0 Å². The molecule has 2 N–H and O–H groups in total. The highest BCUT2D eigenvalue weighted by atomic mass is 35.5. The van der Waals surface area contributed by atoms with Gasteiger partial charge in [0.05, 0.1) is 42.9 Å². The Morgan fingerprint density at radius 2 is 0.667 bits per heavy atom. The van der Waals surface area contributed by atoms with Crippen LogP contribution < -0.4 is 0 Å². The first-order valence-electron chi connectivity index (χ1n) is 12.1. The van der Waals surface area contributed by atoms with Crippen molar-refractivity contribution >= 4 is 92.8 Å². The Labute approximate surface area is 280 Å². The van der Waals surface area contributed by atoms with Gasteiger partial charge >= 0.3 is 0 Å². The highest BCUT2D eigenvalue weighted by Gasteiger charge is 2.24. The van der Waals surface area contributed by atoms with Crippen molar-refractivity contribution in [3.63, 3.8) is 0 Å². The maximum atomic E-state index is 6.63. The number of hydrogen-bond donors (Lipinski definition) is 2. The molecule has 0 spiro atoms. The smallest absolute Gasteiger partial charge is 0.174 e. The van der Waals surface area contributed by atoms with Gasteiger partial charge < -0.3 is 9.97 Å². The van der Waals surface area contributed by atoms with Gasteiger partial charge in [0.1, 0.15) is 0 Å². The molecule has 0 aliphatic carbocycles. The molecule has 0 aliphatic heterocycles. The molecule has 0 saturated heterocycles. The molecule has 2 heterocycles. The van der Waals surface area contributed by atoms with Crippen molar-refractivity contribution in [1.29, 1.82) is 0 Å². The van der Waals surface area contributed by atoms with Crippen LogP contribution in [0.2, 0.25) is 40.2 Å². The van der Waals surface area contributed by atoms with Crippen LogP contribution in [0, 0.1) is 0 Å². The quantitative estimate of drug-likeness (QED) is 0.187. The Balaban J connectivity index is 1.60. The van der Waals surface area contributed by atoms with Crippen molar-refractivity contribution in [2.45, 2.75) is 0 Å². The lowest BCUT2D eigenvalue weighted by Gasteiger charge is -2.07. The van der Waals surface area contributed by atoms with Gasteiger partial charge in [-0.15, -0.1) is 0 Å². The number of nitrogens with one attached hydrogen (secondary N) is 2. The zero-order chi connectivity index (χ0) is 29.7. The van der Waals surface area contributed by atoms with E-state index in [0.717, 1.165) is 0 Å². The summed E-state index contributed by atoms with van der Waals surface area (Å²) in [4.78, 5) is 16.6. The molecule has 0 fully saturated rings. The first-order chi connectivity index (χ1) is 20.1. The predicted molar refractivity (Wildman–Crippen MR) is 178 cm³/mol. The topological polar surface area (TPSA) is 57.4 Å². The molecule has 12 heteroatoms. The first-order valence-corrected chi connectivity index (χ1v) is 15.1. The molecule has 210 valence electrons. The van der Waals surface area contributed by atoms with Crippen molar-refractivity contribution < 1.29 is 0 Å². The Morgan fingerprint density at radius 1 is 0.381 bits per heavy atom. The van der Waals surface area contributed by atoms with E-state index in [2.05, 4.69) is 9.97 Å². The number of aromatic amines is 2. The lowest BCUT2D eigenvalue weighted by Crippen LogP contribution is -1.86. The third kappa shape index (κ3) is 5.76. The second kappa shape index (κ2) is 12.0. The monoisotopic (exact) mass is 710 g/mol. The van der Waals surface area contributed by atoms with Crippen molar-refractivity contribution in [3.05, 3.63) is 113 Å². The van der Waals surface area contributed by atoms with E-state index in [0.29, 0.717) is 96.9 Å². The molecule has 0 radical (unpaired) electrons. The van der Waals surface area contributed by atoms with Gasteiger partial charge in [-0.2, -0.15) is 0 Å². The molecular formula is C30H14Cl8N4. The van der Waals surface area contributed by atoms with Crippen LogP contribution in [0.15, 0.2) is 72.8 Å². The highest BCUT2D eigenvalue weighted by Crippen LogP contribution is 2.43. The third-order valence-electron chi connectivity index (χ3n) is 6.41. The number of H-pyrrole nitrogens is 2. The number of rotatable bonds is 5. The summed E-state index contributed by atoms with van der Waals surface area (Å²) in [5.74, 6) is 0.805. The molecule has 0 unspecified atom stereocenters. The standard InChI is InChI=1S/C30H14Cl8N4/c31-13-1-5-17(21(35)9-13)25-26(18-6-2-14(32)10-22(18)36)40-29(39-25)30-41-27(19-7-3-15(33)11-23(19)37)28(42-30)20-8-4-16(34)12-24(20)38/h1-12H,(H,39,40)(H,41,42). The molecule has 0 atom stereocenters. The van der Waals surface area contributed by atoms with Crippen LogP contribution in [-0.4, -0.2) is 19.9 Å². The molecule has 4 aromatic carbocycles. The summed E-state index contributed by atoms with van der Waals surface area (Å²) >= 11 is 51.3. The Kier molecular flexibility index (Phi) is 8.45. The van der Waals surface area contributed by atoms with Crippen LogP contribution >= 0.6 is 92.8 Å². The lowest BCUT2D eigenvalue weighted by molar-refractivity contribution is 1.20. The normalized spacial score (nSPS) is 11.3. The number of hydrogen-bond acceptors (Lipinski definition) is 2. The minimum Gasteiger partial charge on any atom is -0.335 e. The van der Waals surface area contributed by atoms with Crippen LogP contribution in [0.1, 0.15) is 0 Å². The second-order valence-electron chi connectivity index (χ2n) is 9.11. The summed E-state index contributed by atoms with van der Waals surface area (Å²) < 4.78 is 0. The highest BCUT2D eigenvalue weighted by molar-refractivity contribution is 6.39. The molecule has 2 aromatic heterocycles. The van der Waals surface area contributed by atoms with Gasteiger partial charge in [-0.1, -0.05) is 92.8 Å². The fraction of sp³-hybridized carbons (Fsp3) is 0. The van der Waals surface area contributed by atoms with E-state index >= 15 is 0 Å². The minimum absolute atomic E-state index is 0.403. The summed E-state index contributed by atoms with van der Waals surface area (Å²) in [5.41, 5.74) is 4.86. The maximum absolute atomic E-state index is 6.63. The van der Waals surface area contributed by atoms with Gasteiger partial charge in [-0.05, 0) is 72.8 Å². The van der Waals surface area contributed by atoms with Crippen molar-refractivity contribution in [1.82, 2.24) is 19.9 Å². The number of aromatic nitrogens is 4. The van der Waals surface area contributed by atoms with E-state index in [1.54, 1.807) is 72.8 Å². The molecule has 0 aliphatic rings. The van der Waals surface area contributed by atoms with E-state index in [1.165, 1.54) is 0 Å². The van der Waals surface area contributed by atoms with Gasteiger partial charge in [0.25, 0.3) is 0 Å². The number of imidazole rings is 2. The molecule has 6 aromatic rings. The largest absolute Gasteiger partial charge is 0.335 e. The maximum Gasteiger partial charge on any atom is 0.174 e. The number of benzene rings is 4. The van der Waals surface area contributed by atoms with Crippen LogP contribution in [0.5, 0.6) is 0 Å². The van der Waals surface area contributed by atoms with Crippen molar-refractivity contribution in [2.24, 2.45) is 0 Å². The summed E-state index contributed by atoms with van der Waals surface area (Å²) in [6.45, 7) is 0. The van der Waals surface area contributed by atoms with Gasteiger partial charge in [0.2, 0.25) is 0 Å². The van der Waals surface area contributed by atoms with Gasteiger partial charge in [0.15, 0.2) is 11.6 Å². The average molecular weight is 714 g/mol. The molecule has 0 amide bonds. The van der Waals surface area contributed by atoms with Crippen LogP contribution in [0.3, 0.4) is 0 Å². The average Bonchev–Trinajstić information content (AvgIpc) is 3.54. The lowest BCUT2D eigenvalue weighted by atomic mass is 10.0. The molecule has 42 heavy (non-hydrogen) atoms. The second-order valence-corrected chi connectivity index (χ2v) is 12.5. The zero-order valence-corrected chi connectivity index (χ0v) is 26.9. The minimum atomic E-state index is 0.403.